The summed E-state index contributed by atoms with van der Waals surface area (Å²) >= 11 is 14.2. The van der Waals surface area contributed by atoms with Crippen molar-refractivity contribution in [3.05, 3.63) is 26.9 Å². The van der Waals surface area contributed by atoms with Crippen LogP contribution in [0.15, 0.2) is 10.7 Å². The average molecular weight is 285 g/mol. The van der Waals surface area contributed by atoms with Crippen molar-refractivity contribution in [1.82, 2.24) is 14.6 Å². The summed E-state index contributed by atoms with van der Waals surface area (Å²) in [5, 5.41) is 3.70. The summed E-state index contributed by atoms with van der Waals surface area (Å²) in [7, 11) is 0. The second-order valence-corrected chi connectivity index (χ2v) is 3.81. The predicted octanol–water partition coefficient (Wildman–Crippen LogP) is 2.94. The summed E-state index contributed by atoms with van der Waals surface area (Å²) in [4.78, 5) is 3.61. The van der Waals surface area contributed by atoms with E-state index in [4.69, 9.17) is 23.2 Å². The molecule has 2 rings (SSSR count). The Morgan fingerprint density at radius 2 is 2.15 bits per heavy atom. The molecular weight excluding hydrogens is 284 g/mol. The van der Waals surface area contributed by atoms with Gasteiger partial charge in [-0.3, -0.25) is 0 Å². The minimum absolute atomic E-state index is 0.0109. The number of fused-ring (bicyclic) bond motifs is 1. The molecule has 0 aliphatic rings. The first kappa shape index (κ1) is 9.18. The summed E-state index contributed by atoms with van der Waals surface area (Å²) < 4.78 is 14.8. The standard InChI is InChI=1S/C6HBrCl2FN3/c7-2-1-13-4(3(2)10)5(8)11-6(9)12-13/h1H. The molecule has 7 heteroatoms. The van der Waals surface area contributed by atoms with Gasteiger partial charge < -0.3 is 0 Å². The van der Waals surface area contributed by atoms with E-state index in [1.165, 1.54) is 10.7 Å². The van der Waals surface area contributed by atoms with Crippen LogP contribution in [0.2, 0.25) is 10.4 Å². The van der Waals surface area contributed by atoms with Gasteiger partial charge in [0.15, 0.2) is 11.0 Å². The van der Waals surface area contributed by atoms with Crippen LogP contribution < -0.4 is 0 Å². The summed E-state index contributed by atoms with van der Waals surface area (Å²) in [6.45, 7) is 0. The third-order valence-corrected chi connectivity index (χ3v) is 2.43. The monoisotopic (exact) mass is 283 g/mol. The highest BCUT2D eigenvalue weighted by molar-refractivity contribution is 9.10. The van der Waals surface area contributed by atoms with Crippen molar-refractivity contribution in [2.24, 2.45) is 0 Å². The largest absolute Gasteiger partial charge is 0.242 e. The van der Waals surface area contributed by atoms with Gasteiger partial charge in [-0.25, -0.2) is 13.9 Å². The van der Waals surface area contributed by atoms with Gasteiger partial charge in [-0.15, -0.1) is 5.10 Å². The highest BCUT2D eigenvalue weighted by Gasteiger charge is 2.14. The van der Waals surface area contributed by atoms with Crippen molar-refractivity contribution < 1.29 is 4.39 Å². The van der Waals surface area contributed by atoms with Crippen molar-refractivity contribution >= 4 is 44.6 Å². The molecule has 0 aliphatic carbocycles. The molecule has 3 nitrogen and oxygen atoms in total. The Hall–Kier alpha value is -0.390. The molecule has 0 aromatic carbocycles. The predicted molar refractivity (Wildman–Crippen MR) is 50.7 cm³/mol. The van der Waals surface area contributed by atoms with Crippen LogP contribution in [-0.4, -0.2) is 14.6 Å². The number of hydrogen-bond acceptors (Lipinski definition) is 2. The third kappa shape index (κ3) is 1.41. The summed E-state index contributed by atoms with van der Waals surface area (Å²) in [6, 6.07) is 0. The highest BCUT2D eigenvalue weighted by Crippen LogP contribution is 2.26. The first-order valence-corrected chi connectivity index (χ1v) is 4.70. The van der Waals surface area contributed by atoms with E-state index in [0.717, 1.165) is 0 Å². The van der Waals surface area contributed by atoms with Crippen molar-refractivity contribution in [3.63, 3.8) is 0 Å². The Bertz CT molecular complexity index is 484. The molecule has 0 saturated heterocycles. The Morgan fingerprint density at radius 1 is 1.46 bits per heavy atom. The van der Waals surface area contributed by atoms with Crippen LogP contribution in [-0.2, 0) is 0 Å². The molecule has 0 fully saturated rings. The van der Waals surface area contributed by atoms with E-state index < -0.39 is 5.82 Å². The molecule has 2 aromatic rings. The molecule has 0 bridgehead atoms. The second-order valence-electron chi connectivity index (χ2n) is 2.26. The summed E-state index contributed by atoms with van der Waals surface area (Å²) in [6.07, 6.45) is 1.42. The topological polar surface area (TPSA) is 30.2 Å². The molecule has 68 valence electrons. The normalized spacial score (nSPS) is 11.1. The van der Waals surface area contributed by atoms with Crippen molar-refractivity contribution in [2.75, 3.05) is 0 Å². The molecule has 2 aromatic heterocycles. The Kier molecular flexibility index (Phi) is 2.17. The fourth-order valence-electron chi connectivity index (χ4n) is 0.951. The summed E-state index contributed by atoms with van der Waals surface area (Å²) in [5.41, 5.74) is 0.109. The number of halogens is 4. The van der Waals surface area contributed by atoms with Gasteiger partial charge in [-0.1, -0.05) is 11.6 Å². The second kappa shape index (κ2) is 3.08. The number of aromatic nitrogens is 3. The van der Waals surface area contributed by atoms with Crippen molar-refractivity contribution in [3.8, 4) is 0 Å². The Balaban J connectivity index is 2.94. The van der Waals surface area contributed by atoms with Gasteiger partial charge in [0.05, 0.1) is 4.47 Å². The molecule has 0 aliphatic heterocycles. The molecule has 0 atom stereocenters. The maximum absolute atomic E-state index is 13.3. The molecule has 0 radical (unpaired) electrons. The molecule has 0 unspecified atom stereocenters. The highest BCUT2D eigenvalue weighted by atomic mass is 79.9. The van der Waals surface area contributed by atoms with E-state index in [2.05, 4.69) is 26.0 Å². The van der Waals surface area contributed by atoms with Gasteiger partial charge in [-0.2, -0.15) is 0 Å². The van der Waals surface area contributed by atoms with E-state index >= 15 is 0 Å². The fraction of sp³-hybridized carbons (Fsp3) is 0. The minimum Gasteiger partial charge on any atom is -0.231 e. The minimum atomic E-state index is -0.498. The van der Waals surface area contributed by atoms with Crippen LogP contribution in [0.1, 0.15) is 0 Å². The maximum Gasteiger partial charge on any atom is 0.242 e. The molecule has 0 saturated carbocycles. The number of nitrogens with zero attached hydrogens (tertiary/aromatic N) is 3. The smallest absolute Gasteiger partial charge is 0.231 e. The Labute approximate surface area is 90.6 Å². The van der Waals surface area contributed by atoms with Gasteiger partial charge in [0.25, 0.3) is 0 Å². The molecule has 0 amide bonds. The molecule has 0 N–H and O–H groups in total. The van der Waals surface area contributed by atoms with Crippen molar-refractivity contribution in [2.45, 2.75) is 0 Å². The quantitative estimate of drug-likeness (QED) is 0.745. The van der Waals surface area contributed by atoms with Gasteiger partial charge in [0, 0.05) is 6.20 Å². The lowest BCUT2D eigenvalue weighted by molar-refractivity contribution is 0.633. The third-order valence-electron chi connectivity index (χ3n) is 1.46. The maximum atomic E-state index is 13.3. The lowest BCUT2D eigenvalue weighted by Gasteiger charge is -1.95. The van der Waals surface area contributed by atoms with E-state index in [1.807, 2.05) is 0 Å². The van der Waals surface area contributed by atoms with E-state index in [-0.39, 0.29) is 20.4 Å². The van der Waals surface area contributed by atoms with Crippen LogP contribution >= 0.6 is 39.1 Å². The number of rotatable bonds is 0. The van der Waals surface area contributed by atoms with Gasteiger partial charge in [0.1, 0.15) is 5.52 Å². The molecule has 2 heterocycles. The van der Waals surface area contributed by atoms with Crippen LogP contribution in [0.25, 0.3) is 5.52 Å². The van der Waals surface area contributed by atoms with Crippen molar-refractivity contribution in [1.29, 1.82) is 0 Å². The van der Waals surface area contributed by atoms with Crippen LogP contribution in [0, 0.1) is 5.82 Å². The molecule has 13 heavy (non-hydrogen) atoms. The zero-order valence-corrected chi connectivity index (χ0v) is 9.03. The zero-order valence-electron chi connectivity index (χ0n) is 5.93. The van der Waals surface area contributed by atoms with E-state index in [0.29, 0.717) is 0 Å². The first-order valence-electron chi connectivity index (χ1n) is 3.15. The molecule has 0 spiro atoms. The van der Waals surface area contributed by atoms with Gasteiger partial charge in [0.2, 0.25) is 5.28 Å². The van der Waals surface area contributed by atoms with Gasteiger partial charge in [-0.05, 0) is 27.5 Å². The molecular formula is C6HBrCl2FN3. The average Bonchev–Trinajstić information content (AvgIpc) is 2.27. The summed E-state index contributed by atoms with van der Waals surface area (Å²) in [5.74, 6) is -0.498. The van der Waals surface area contributed by atoms with E-state index in [9.17, 15) is 4.39 Å². The Morgan fingerprint density at radius 3 is 2.85 bits per heavy atom. The SMILES string of the molecule is Fc1c(Br)cn2nc(Cl)nc(Cl)c12. The van der Waals surface area contributed by atoms with Crippen LogP contribution in [0.4, 0.5) is 4.39 Å². The van der Waals surface area contributed by atoms with Crippen LogP contribution in [0.3, 0.4) is 0 Å². The first-order chi connectivity index (χ1) is 6.09. The fourth-order valence-corrected chi connectivity index (χ4v) is 1.79. The number of hydrogen-bond donors (Lipinski definition) is 0. The van der Waals surface area contributed by atoms with E-state index in [1.54, 1.807) is 0 Å². The lowest BCUT2D eigenvalue weighted by atomic mass is 10.5. The van der Waals surface area contributed by atoms with Crippen LogP contribution in [0.5, 0.6) is 0 Å². The lowest BCUT2D eigenvalue weighted by Crippen LogP contribution is -1.94. The van der Waals surface area contributed by atoms with Gasteiger partial charge >= 0.3 is 0 Å². The zero-order chi connectivity index (χ0) is 9.59.